The summed E-state index contributed by atoms with van der Waals surface area (Å²) in [6.07, 6.45) is 7.20. The van der Waals surface area contributed by atoms with Gasteiger partial charge in [-0.2, -0.15) is 5.10 Å². The average Bonchev–Trinajstić information content (AvgIpc) is 3.00. The topological polar surface area (TPSA) is 96.6 Å². The summed E-state index contributed by atoms with van der Waals surface area (Å²) >= 11 is 0. The Hall–Kier alpha value is -2.44. The van der Waals surface area contributed by atoms with Crippen molar-refractivity contribution in [2.24, 2.45) is 5.41 Å². The standard InChI is InChI=1S/C16H18N4O3/c21-13(11-10-17-12-2-1-9-18-20(11)12)19-16-6-3-15(4-7-16,5-8-16)14(22)23/h1-2,9-10H,3-8H2,(H,19,21)(H,22,23). The summed E-state index contributed by atoms with van der Waals surface area (Å²) in [6, 6.07) is 3.57. The van der Waals surface area contributed by atoms with E-state index in [9.17, 15) is 14.7 Å². The minimum absolute atomic E-state index is 0.194. The van der Waals surface area contributed by atoms with Crippen molar-refractivity contribution in [2.45, 2.75) is 44.1 Å². The van der Waals surface area contributed by atoms with E-state index in [0.717, 1.165) is 19.3 Å². The third kappa shape index (κ3) is 2.10. The molecule has 1 amide bonds. The normalized spacial score (nSPS) is 29.6. The van der Waals surface area contributed by atoms with Crippen LogP contribution in [0.1, 0.15) is 49.0 Å². The predicted octanol–water partition coefficient (Wildman–Crippen LogP) is 1.64. The van der Waals surface area contributed by atoms with E-state index >= 15 is 0 Å². The summed E-state index contributed by atoms with van der Waals surface area (Å²) in [5.41, 5.74) is 0.188. The van der Waals surface area contributed by atoms with Gasteiger partial charge in [0.05, 0.1) is 11.6 Å². The van der Waals surface area contributed by atoms with Gasteiger partial charge in [-0.3, -0.25) is 9.59 Å². The van der Waals surface area contributed by atoms with Crippen LogP contribution in [0, 0.1) is 5.41 Å². The Morgan fingerprint density at radius 3 is 2.52 bits per heavy atom. The molecule has 2 bridgehead atoms. The summed E-state index contributed by atoms with van der Waals surface area (Å²) in [7, 11) is 0. The zero-order chi connectivity index (χ0) is 16.1. The number of imidazole rings is 1. The maximum absolute atomic E-state index is 12.7. The molecule has 2 heterocycles. The number of nitrogens with one attached hydrogen (secondary N) is 1. The van der Waals surface area contributed by atoms with Gasteiger partial charge in [-0.05, 0) is 50.7 Å². The van der Waals surface area contributed by atoms with Gasteiger partial charge in [0.25, 0.3) is 5.91 Å². The fourth-order valence-electron chi connectivity index (χ4n) is 3.98. The molecule has 2 aromatic heterocycles. The van der Waals surface area contributed by atoms with Crippen LogP contribution in [0.2, 0.25) is 0 Å². The minimum Gasteiger partial charge on any atom is -0.481 e. The van der Waals surface area contributed by atoms with Crippen molar-refractivity contribution in [2.75, 3.05) is 0 Å². The van der Waals surface area contributed by atoms with Gasteiger partial charge in [0.1, 0.15) is 5.69 Å². The highest BCUT2D eigenvalue weighted by atomic mass is 16.4. The van der Waals surface area contributed by atoms with Crippen molar-refractivity contribution in [1.29, 1.82) is 0 Å². The van der Waals surface area contributed by atoms with Gasteiger partial charge in [-0.15, -0.1) is 0 Å². The highest BCUT2D eigenvalue weighted by molar-refractivity contribution is 5.93. The number of amides is 1. The number of hydrogen-bond acceptors (Lipinski definition) is 4. The fourth-order valence-corrected chi connectivity index (χ4v) is 3.98. The summed E-state index contributed by atoms with van der Waals surface area (Å²) < 4.78 is 1.53. The number of aliphatic carboxylic acids is 1. The number of carbonyl (C=O) groups is 2. The van der Waals surface area contributed by atoms with E-state index in [1.165, 1.54) is 10.7 Å². The lowest BCUT2D eigenvalue weighted by atomic mass is 9.57. The van der Waals surface area contributed by atoms with E-state index in [2.05, 4.69) is 15.4 Å². The molecule has 0 radical (unpaired) electrons. The quantitative estimate of drug-likeness (QED) is 0.897. The summed E-state index contributed by atoms with van der Waals surface area (Å²) in [5, 5.41) is 16.7. The second-order valence-electron chi connectivity index (χ2n) is 6.76. The second kappa shape index (κ2) is 4.78. The number of rotatable bonds is 3. The Morgan fingerprint density at radius 1 is 1.17 bits per heavy atom. The highest BCUT2D eigenvalue weighted by Crippen LogP contribution is 2.52. The van der Waals surface area contributed by atoms with E-state index in [-0.39, 0.29) is 11.4 Å². The van der Waals surface area contributed by atoms with E-state index < -0.39 is 11.4 Å². The van der Waals surface area contributed by atoms with Crippen molar-refractivity contribution in [1.82, 2.24) is 19.9 Å². The molecular formula is C16H18N4O3. The fraction of sp³-hybridized carbons (Fsp3) is 0.500. The van der Waals surface area contributed by atoms with Gasteiger partial charge in [0, 0.05) is 11.7 Å². The maximum atomic E-state index is 12.7. The van der Waals surface area contributed by atoms with Crippen LogP contribution in [-0.4, -0.2) is 37.1 Å². The zero-order valence-corrected chi connectivity index (χ0v) is 12.7. The van der Waals surface area contributed by atoms with E-state index in [1.807, 2.05) is 0 Å². The molecule has 120 valence electrons. The summed E-state index contributed by atoms with van der Waals surface area (Å²) in [5.74, 6) is -0.885. The molecule has 7 nitrogen and oxygen atoms in total. The number of carboxylic acids is 1. The molecule has 0 unspecified atom stereocenters. The SMILES string of the molecule is O=C(NC12CCC(C(=O)O)(CC1)CC2)c1cnc2cccnn12. The van der Waals surface area contributed by atoms with Crippen LogP contribution in [0.25, 0.3) is 5.65 Å². The molecule has 3 saturated carbocycles. The Kier molecular flexibility index (Phi) is 2.94. The first-order valence-electron chi connectivity index (χ1n) is 7.88. The molecular weight excluding hydrogens is 296 g/mol. The molecule has 3 aliphatic rings. The van der Waals surface area contributed by atoms with Crippen molar-refractivity contribution in [3.8, 4) is 0 Å². The van der Waals surface area contributed by atoms with Crippen molar-refractivity contribution in [3.63, 3.8) is 0 Å². The number of aromatic nitrogens is 3. The first-order chi connectivity index (χ1) is 11.0. The van der Waals surface area contributed by atoms with Gasteiger partial charge in [0.2, 0.25) is 0 Å². The van der Waals surface area contributed by atoms with Crippen LogP contribution >= 0.6 is 0 Å². The molecule has 3 fully saturated rings. The third-order valence-corrected chi connectivity index (χ3v) is 5.59. The average molecular weight is 314 g/mol. The molecule has 0 saturated heterocycles. The smallest absolute Gasteiger partial charge is 0.309 e. The number of carbonyl (C=O) groups excluding carboxylic acids is 1. The van der Waals surface area contributed by atoms with Crippen LogP contribution in [-0.2, 0) is 4.79 Å². The number of hydrogen-bond donors (Lipinski definition) is 2. The lowest BCUT2D eigenvalue weighted by molar-refractivity contribution is -0.156. The van der Waals surface area contributed by atoms with Crippen molar-refractivity contribution >= 4 is 17.5 Å². The first kappa shape index (κ1) is 14.2. The van der Waals surface area contributed by atoms with Gasteiger partial charge >= 0.3 is 5.97 Å². The monoisotopic (exact) mass is 314 g/mol. The van der Waals surface area contributed by atoms with Gasteiger partial charge < -0.3 is 10.4 Å². The molecule has 2 N–H and O–H groups in total. The van der Waals surface area contributed by atoms with Gasteiger partial charge in [0.15, 0.2) is 5.65 Å². The Balaban J connectivity index is 1.55. The lowest BCUT2D eigenvalue weighted by Gasteiger charge is -2.51. The second-order valence-corrected chi connectivity index (χ2v) is 6.76. The van der Waals surface area contributed by atoms with Crippen LogP contribution in [0.5, 0.6) is 0 Å². The van der Waals surface area contributed by atoms with Crippen LogP contribution in [0.15, 0.2) is 24.5 Å². The maximum Gasteiger partial charge on any atom is 0.309 e. The van der Waals surface area contributed by atoms with E-state index in [4.69, 9.17) is 0 Å². The summed E-state index contributed by atoms with van der Waals surface area (Å²) in [6.45, 7) is 0. The number of fused-ring (bicyclic) bond motifs is 4. The molecule has 0 aromatic carbocycles. The van der Waals surface area contributed by atoms with Crippen molar-refractivity contribution < 1.29 is 14.7 Å². The molecule has 23 heavy (non-hydrogen) atoms. The van der Waals surface area contributed by atoms with E-state index in [1.54, 1.807) is 18.3 Å². The highest BCUT2D eigenvalue weighted by Gasteiger charge is 2.53. The Labute approximate surface area is 132 Å². The van der Waals surface area contributed by atoms with Crippen LogP contribution < -0.4 is 5.32 Å². The number of carboxylic acid groups (broad SMARTS) is 1. The lowest BCUT2D eigenvalue weighted by Crippen LogP contribution is -2.58. The summed E-state index contributed by atoms with van der Waals surface area (Å²) in [4.78, 5) is 28.3. The molecule has 0 spiro atoms. The zero-order valence-electron chi connectivity index (χ0n) is 12.7. The minimum atomic E-state index is -0.692. The van der Waals surface area contributed by atoms with Gasteiger partial charge in [-0.1, -0.05) is 0 Å². The molecule has 5 rings (SSSR count). The third-order valence-electron chi connectivity index (χ3n) is 5.59. The first-order valence-corrected chi connectivity index (χ1v) is 7.88. The molecule has 7 heteroatoms. The molecule has 0 aliphatic heterocycles. The largest absolute Gasteiger partial charge is 0.481 e. The van der Waals surface area contributed by atoms with Crippen molar-refractivity contribution in [3.05, 3.63) is 30.2 Å². The van der Waals surface area contributed by atoms with Crippen LogP contribution in [0.3, 0.4) is 0 Å². The Morgan fingerprint density at radius 2 is 1.87 bits per heavy atom. The van der Waals surface area contributed by atoms with Gasteiger partial charge in [-0.25, -0.2) is 9.50 Å². The van der Waals surface area contributed by atoms with E-state index in [0.29, 0.717) is 30.6 Å². The number of nitrogens with zero attached hydrogens (tertiary/aromatic N) is 3. The predicted molar refractivity (Wildman–Crippen MR) is 81.0 cm³/mol. The van der Waals surface area contributed by atoms with Crippen LogP contribution in [0.4, 0.5) is 0 Å². The molecule has 3 aliphatic carbocycles. The molecule has 0 atom stereocenters. The Bertz CT molecular complexity index is 773. The molecule has 2 aromatic rings.